The first-order chi connectivity index (χ1) is 16.3. The van der Waals surface area contributed by atoms with Gasteiger partial charge in [0, 0.05) is 18.6 Å². The second-order valence-corrected chi connectivity index (χ2v) is 18.1. The monoisotopic (exact) mass is 521 g/mol. The summed E-state index contributed by atoms with van der Waals surface area (Å²) in [5.74, 6) is -1.00. The first kappa shape index (κ1) is 31.0. The lowest BCUT2D eigenvalue weighted by molar-refractivity contribution is -0.165. The van der Waals surface area contributed by atoms with Crippen molar-refractivity contribution in [1.29, 1.82) is 0 Å². The Bertz CT molecular complexity index is 841. The van der Waals surface area contributed by atoms with Crippen LogP contribution < -0.4 is 0 Å². The van der Waals surface area contributed by atoms with Crippen LogP contribution in [0.25, 0.3) is 0 Å². The zero-order valence-corrected chi connectivity index (χ0v) is 25.8. The third kappa shape index (κ3) is 8.94. The number of hydrogen-bond donors (Lipinski definition) is 0. The molecule has 0 bridgehead atoms. The number of benzene rings is 1. The minimum Gasteiger partial charge on any atom is -0.460 e. The fourth-order valence-electron chi connectivity index (χ4n) is 4.28. The molecule has 7 heteroatoms. The molecule has 0 N–H and O–H groups in total. The third-order valence-corrected chi connectivity index (χ3v) is 11.6. The van der Waals surface area contributed by atoms with Crippen LogP contribution in [0.15, 0.2) is 30.3 Å². The summed E-state index contributed by atoms with van der Waals surface area (Å²) in [5.41, 5.74) is 0.633. The van der Waals surface area contributed by atoms with Crippen LogP contribution >= 0.6 is 0 Å². The van der Waals surface area contributed by atoms with Crippen LogP contribution in [0, 0.1) is 0 Å². The zero-order valence-electron chi connectivity index (χ0n) is 24.8. The third-order valence-electron chi connectivity index (χ3n) is 7.11. The van der Waals surface area contributed by atoms with Crippen LogP contribution in [-0.2, 0) is 30.0 Å². The lowest BCUT2D eigenvalue weighted by atomic mass is 9.98. The highest BCUT2D eigenvalue weighted by Gasteiger charge is 2.49. The molecule has 206 valence electrons. The Morgan fingerprint density at radius 3 is 2.14 bits per heavy atom. The highest BCUT2D eigenvalue weighted by molar-refractivity contribution is 6.74. The highest BCUT2D eigenvalue weighted by Crippen LogP contribution is 2.39. The average Bonchev–Trinajstić information content (AvgIpc) is 3.02. The van der Waals surface area contributed by atoms with E-state index in [0.717, 1.165) is 0 Å². The molecule has 0 radical (unpaired) electrons. The van der Waals surface area contributed by atoms with Gasteiger partial charge in [0.2, 0.25) is 0 Å². The second kappa shape index (κ2) is 11.6. The van der Waals surface area contributed by atoms with Gasteiger partial charge in [-0.15, -0.1) is 0 Å². The number of esters is 1. The lowest BCUT2D eigenvalue weighted by Crippen LogP contribution is -2.53. The van der Waals surface area contributed by atoms with Gasteiger partial charge >= 0.3 is 5.97 Å². The van der Waals surface area contributed by atoms with Crippen LogP contribution in [0.1, 0.15) is 81.2 Å². The Balaban J connectivity index is 2.41. The molecule has 0 spiro atoms. The average molecular weight is 522 g/mol. The highest BCUT2D eigenvalue weighted by atomic mass is 28.4. The van der Waals surface area contributed by atoms with Crippen molar-refractivity contribution < 1.29 is 23.4 Å². The summed E-state index contributed by atoms with van der Waals surface area (Å²) in [5, 5.41) is 0.0880. The molecule has 1 heterocycles. The SMILES string of the molecule is CC(C)N(Cc1ccccc1)[C@H](CC(=O)OC(C)(C)C)[C@@H]1OC(C)(C)O[C@H]1CO[Si](C)(C)C(C)(C)C. The van der Waals surface area contributed by atoms with Crippen molar-refractivity contribution in [3.63, 3.8) is 0 Å². The topological polar surface area (TPSA) is 57.2 Å². The van der Waals surface area contributed by atoms with Crippen LogP contribution in [0.2, 0.25) is 18.1 Å². The normalized spacial score (nSPS) is 21.7. The Morgan fingerprint density at radius 2 is 1.64 bits per heavy atom. The molecule has 0 saturated carbocycles. The molecule has 6 nitrogen and oxygen atoms in total. The van der Waals surface area contributed by atoms with E-state index in [2.05, 4.69) is 64.7 Å². The van der Waals surface area contributed by atoms with E-state index >= 15 is 0 Å². The van der Waals surface area contributed by atoms with Crippen molar-refractivity contribution in [3.05, 3.63) is 35.9 Å². The smallest absolute Gasteiger partial charge is 0.308 e. The van der Waals surface area contributed by atoms with Gasteiger partial charge in [-0.3, -0.25) is 9.69 Å². The maximum atomic E-state index is 13.2. The summed E-state index contributed by atoms with van der Waals surface area (Å²) >= 11 is 0. The molecule has 0 unspecified atom stereocenters. The summed E-state index contributed by atoms with van der Waals surface area (Å²) in [6.45, 7) is 26.2. The van der Waals surface area contributed by atoms with Crippen LogP contribution in [0.5, 0.6) is 0 Å². The fourth-order valence-corrected chi connectivity index (χ4v) is 5.29. The Kier molecular flexibility index (Phi) is 10.0. The van der Waals surface area contributed by atoms with Gasteiger partial charge in [0.1, 0.15) is 17.8 Å². The van der Waals surface area contributed by atoms with E-state index in [1.54, 1.807) is 0 Å². The first-order valence-corrected chi connectivity index (χ1v) is 16.2. The quantitative estimate of drug-likeness (QED) is 0.257. The number of rotatable bonds is 10. The van der Waals surface area contributed by atoms with Gasteiger partial charge in [-0.25, -0.2) is 0 Å². The Labute approximate surface area is 221 Å². The van der Waals surface area contributed by atoms with E-state index in [9.17, 15) is 4.79 Å². The maximum Gasteiger partial charge on any atom is 0.308 e. The molecule has 2 rings (SSSR count). The minimum absolute atomic E-state index is 0.0880. The van der Waals surface area contributed by atoms with Gasteiger partial charge in [0.25, 0.3) is 0 Å². The number of carbonyl (C=O) groups excluding carboxylic acids is 1. The fraction of sp³-hybridized carbons (Fsp3) is 0.759. The van der Waals surface area contributed by atoms with E-state index in [4.69, 9.17) is 18.6 Å². The van der Waals surface area contributed by atoms with Gasteiger partial charge in [-0.1, -0.05) is 51.1 Å². The molecule has 1 aliphatic heterocycles. The molecule has 0 aromatic heterocycles. The molecular formula is C29H51NO5Si. The van der Waals surface area contributed by atoms with E-state index in [-0.39, 0.29) is 41.7 Å². The molecule has 3 atom stereocenters. The Morgan fingerprint density at radius 1 is 1.06 bits per heavy atom. The molecule has 0 amide bonds. The summed E-state index contributed by atoms with van der Waals surface area (Å²) in [6.07, 6.45) is -0.426. The van der Waals surface area contributed by atoms with Crippen molar-refractivity contribution in [1.82, 2.24) is 4.90 Å². The van der Waals surface area contributed by atoms with Gasteiger partial charge in [-0.05, 0) is 72.2 Å². The van der Waals surface area contributed by atoms with E-state index in [1.165, 1.54) is 5.56 Å². The van der Waals surface area contributed by atoms with Crippen LogP contribution in [-0.4, -0.2) is 61.5 Å². The largest absolute Gasteiger partial charge is 0.460 e. The zero-order chi connectivity index (χ0) is 27.5. The first-order valence-electron chi connectivity index (χ1n) is 13.3. The minimum atomic E-state index is -2.00. The molecule has 1 aromatic rings. The summed E-state index contributed by atoms with van der Waals surface area (Å²) < 4.78 is 25.3. The number of ether oxygens (including phenoxy) is 3. The Hall–Kier alpha value is -1.25. The molecular weight excluding hydrogens is 470 g/mol. The van der Waals surface area contributed by atoms with Crippen LogP contribution in [0.4, 0.5) is 0 Å². The van der Waals surface area contributed by atoms with Crippen molar-refractivity contribution in [3.8, 4) is 0 Å². The predicted molar refractivity (Wildman–Crippen MR) is 148 cm³/mol. The van der Waals surface area contributed by atoms with Crippen molar-refractivity contribution in [2.45, 2.75) is 136 Å². The maximum absolute atomic E-state index is 13.2. The standard InChI is InChI=1S/C29H51NO5Si/c1-21(2)30(19-22-16-14-13-15-17-22)23(18-25(31)34-27(3,4)5)26-24(33-29(9,10)35-26)20-32-36(11,12)28(6,7)8/h13-17,21,23-24,26H,18-20H2,1-12H3/t23-,24+,26+/m1/s1. The van der Waals surface area contributed by atoms with Crippen molar-refractivity contribution >= 4 is 14.3 Å². The second-order valence-electron chi connectivity index (χ2n) is 13.3. The van der Waals surface area contributed by atoms with E-state index in [0.29, 0.717) is 13.2 Å². The van der Waals surface area contributed by atoms with Gasteiger partial charge in [0.15, 0.2) is 14.1 Å². The molecule has 1 aromatic carbocycles. The van der Waals surface area contributed by atoms with Gasteiger partial charge < -0.3 is 18.6 Å². The number of carbonyl (C=O) groups is 1. The molecule has 0 aliphatic carbocycles. The summed E-state index contributed by atoms with van der Waals surface area (Å²) in [6, 6.07) is 10.3. The number of nitrogens with zero attached hydrogens (tertiary/aromatic N) is 1. The summed E-state index contributed by atoms with van der Waals surface area (Å²) in [4.78, 5) is 15.5. The lowest BCUT2D eigenvalue weighted by Gasteiger charge is -2.40. The number of hydrogen-bond acceptors (Lipinski definition) is 6. The predicted octanol–water partition coefficient (Wildman–Crippen LogP) is 6.54. The van der Waals surface area contributed by atoms with Gasteiger partial charge in [-0.2, -0.15) is 0 Å². The van der Waals surface area contributed by atoms with Crippen molar-refractivity contribution in [2.75, 3.05) is 6.61 Å². The van der Waals surface area contributed by atoms with E-state index in [1.807, 2.05) is 52.8 Å². The molecule has 1 saturated heterocycles. The van der Waals surface area contributed by atoms with Crippen molar-refractivity contribution in [2.24, 2.45) is 0 Å². The molecule has 36 heavy (non-hydrogen) atoms. The van der Waals surface area contributed by atoms with Crippen LogP contribution in [0.3, 0.4) is 0 Å². The van der Waals surface area contributed by atoms with E-state index < -0.39 is 19.7 Å². The summed E-state index contributed by atoms with van der Waals surface area (Å²) in [7, 11) is -2.00. The molecule has 1 aliphatic rings. The van der Waals surface area contributed by atoms with Gasteiger partial charge in [0.05, 0.1) is 13.0 Å². The molecule has 1 fully saturated rings.